The fourth-order valence-electron chi connectivity index (χ4n) is 4.53. The number of hydrogen-bond donors (Lipinski definition) is 2. The molecule has 2 N–H and O–H groups in total. The molecule has 1 heterocycles. The first-order chi connectivity index (χ1) is 21.0. The van der Waals surface area contributed by atoms with Crippen LogP contribution in [0, 0.1) is 0 Å². The number of carbonyl (C=O) groups excluding carboxylic acids is 2. The van der Waals surface area contributed by atoms with Gasteiger partial charge in [-0.05, 0) is 53.4 Å². The van der Waals surface area contributed by atoms with Crippen molar-refractivity contribution in [1.29, 1.82) is 0 Å². The molecule has 1 aromatic heterocycles. The Hall–Kier alpha value is -5.21. The Morgan fingerprint density at radius 2 is 1.70 bits per heavy atom. The Kier molecular flexibility index (Phi) is 9.61. The third-order valence-electron chi connectivity index (χ3n) is 6.78. The SMILES string of the molecule is O=C(NN=Cc1ccc(OCC(=O)N(CCc2ccccn2)Cc2ccccc2)c2ccccc12)c1ccc(O)c(Cl)c1. The van der Waals surface area contributed by atoms with Crippen molar-refractivity contribution in [2.45, 2.75) is 13.0 Å². The zero-order valence-corrected chi connectivity index (χ0v) is 23.9. The number of halogens is 1. The van der Waals surface area contributed by atoms with Crippen molar-refractivity contribution in [3.05, 3.63) is 137 Å². The van der Waals surface area contributed by atoms with Crippen molar-refractivity contribution in [2.75, 3.05) is 13.2 Å². The van der Waals surface area contributed by atoms with Gasteiger partial charge in [-0.25, -0.2) is 5.43 Å². The van der Waals surface area contributed by atoms with Gasteiger partial charge in [0.2, 0.25) is 0 Å². The molecule has 4 aromatic carbocycles. The molecule has 0 aliphatic carbocycles. The molecule has 0 radical (unpaired) electrons. The first-order valence-corrected chi connectivity index (χ1v) is 14.0. The number of pyridine rings is 1. The number of phenols is 1. The van der Waals surface area contributed by atoms with Crippen molar-refractivity contribution in [3.8, 4) is 11.5 Å². The molecule has 0 saturated heterocycles. The Morgan fingerprint density at radius 3 is 2.47 bits per heavy atom. The molecule has 2 amide bonds. The lowest BCUT2D eigenvalue weighted by Gasteiger charge is -2.23. The second kappa shape index (κ2) is 14.1. The van der Waals surface area contributed by atoms with Crippen LogP contribution in [0.5, 0.6) is 11.5 Å². The van der Waals surface area contributed by atoms with E-state index in [9.17, 15) is 14.7 Å². The van der Waals surface area contributed by atoms with Crippen molar-refractivity contribution in [2.24, 2.45) is 5.10 Å². The molecule has 0 bridgehead atoms. The van der Waals surface area contributed by atoms with E-state index in [1.54, 1.807) is 17.2 Å². The van der Waals surface area contributed by atoms with Gasteiger partial charge < -0.3 is 14.7 Å². The number of hydrogen-bond acceptors (Lipinski definition) is 6. The van der Waals surface area contributed by atoms with Crippen LogP contribution in [0.2, 0.25) is 5.02 Å². The lowest BCUT2D eigenvalue weighted by Crippen LogP contribution is -2.36. The van der Waals surface area contributed by atoms with Crippen LogP contribution in [0.4, 0.5) is 0 Å². The summed E-state index contributed by atoms with van der Waals surface area (Å²) in [5, 5.41) is 15.4. The fourth-order valence-corrected chi connectivity index (χ4v) is 4.71. The van der Waals surface area contributed by atoms with Gasteiger partial charge >= 0.3 is 0 Å². The monoisotopic (exact) mass is 592 g/mol. The van der Waals surface area contributed by atoms with Crippen molar-refractivity contribution < 1.29 is 19.4 Å². The molecule has 5 aromatic rings. The highest BCUT2D eigenvalue weighted by Gasteiger charge is 2.16. The number of fused-ring (bicyclic) bond motifs is 1. The van der Waals surface area contributed by atoms with Gasteiger partial charge in [0.05, 0.1) is 11.2 Å². The molecule has 0 saturated carbocycles. The Bertz CT molecular complexity index is 1750. The lowest BCUT2D eigenvalue weighted by atomic mass is 10.0. The van der Waals surface area contributed by atoms with Gasteiger partial charge in [0.15, 0.2) is 6.61 Å². The number of nitrogens with zero attached hydrogens (tertiary/aromatic N) is 3. The van der Waals surface area contributed by atoms with E-state index in [0.717, 1.165) is 27.6 Å². The molecule has 216 valence electrons. The number of hydrazone groups is 1. The highest BCUT2D eigenvalue weighted by atomic mass is 35.5. The first kappa shape index (κ1) is 29.3. The normalized spacial score (nSPS) is 11.0. The van der Waals surface area contributed by atoms with Crippen LogP contribution in [0.25, 0.3) is 10.8 Å². The van der Waals surface area contributed by atoms with E-state index in [1.165, 1.54) is 24.4 Å². The Morgan fingerprint density at radius 1 is 0.930 bits per heavy atom. The summed E-state index contributed by atoms with van der Waals surface area (Å²) in [7, 11) is 0. The fraction of sp³-hybridized carbons (Fsp3) is 0.118. The second-order valence-electron chi connectivity index (χ2n) is 9.72. The zero-order chi connectivity index (χ0) is 30.0. The zero-order valence-electron chi connectivity index (χ0n) is 23.2. The maximum Gasteiger partial charge on any atom is 0.271 e. The van der Waals surface area contributed by atoms with Gasteiger partial charge in [0, 0.05) is 47.9 Å². The quantitative estimate of drug-likeness (QED) is 0.144. The largest absolute Gasteiger partial charge is 0.506 e. The number of benzene rings is 4. The van der Waals surface area contributed by atoms with Crippen LogP contribution >= 0.6 is 11.6 Å². The van der Waals surface area contributed by atoms with E-state index < -0.39 is 5.91 Å². The molecular weight excluding hydrogens is 564 g/mol. The van der Waals surface area contributed by atoms with Crippen LogP contribution in [-0.4, -0.2) is 46.2 Å². The summed E-state index contributed by atoms with van der Waals surface area (Å²) in [6.45, 7) is 0.845. The summed E-state index contributed by atoms with van der Waals surface area (Å²) in [6, 6.07) is 31.0. The summed E-state index contributed by atoms with van der Waals surface area (Å²) < 4.78 is 6.07. The van der Waals surface area contributed by atoms with Gasteiger partial charge in [-0.15, -0.1) is 0 Å². The molecule has 0 aliphatic rings. The molecule has 0 unspecified atom stereocenters. The second-order valence-corrected chi connectivity index (χ2v) is 10.1. The number of rotatable bonds is 11. The Labute approximate surface area is 254 Å². The van der Waals surface area contributed by atoms with Crippen molar-refractivity contribution in [1.82, 2.24) is 15.3 Å². The predicted molar refractivity (Wildman–Crippen MR) is 167 cm³/mol. The molecule has 0 fully saturated rings. The number of aromatic nitrogens is 1. The van der Waals surface area contributed by atoms with Crippen molar-refractivity contribution in [3.63, 3.8) is 0 Å². The molecule has 0 aliphatic heterocycles. The third kappa shape index (κ3) is 7.75. The minimum Gasteiger partial charge on any atom is -0.506 e. The summed E-state index contributed by atoms with van der Waals surface area (Å²) in [5.74, 6) is -0.144. The molecule has 0 atom stereocenters. The minimum absolute atomic E-state index is 0.0769. The summed E-state index contributed by atoms with van der Waals surface area (Å²) >= 11 is 5.90. The van der Waals surface area contributed by atoms with E-state index in [0.29, 0.717) is 25.3 Å². The third-order valence-corrected chi connectivity index (χ3v) is 7.08. The summed E-state index contributed by atoms with van der Waals surface area (Å²) in [4.78, 5) is 32.0. The maximum atomic E-state index is 13.4. The number of aromatic hydroxyl groups is 1. The number of phenolic OH excluding ortho intramolecular Hbond substituents is 1. The van der Waals surface area contributed by atoms with Gasteiger partial charge in [-0.1, -0.05) is 72.3 Å². The standard InChI is InChI=1S/C34H29ClN4O4/c35-30-20-25(13-15-31(30)40)34(42)38-37-21-26-14-16-32(29-12-5-4-11-28(26)29)43-23-33(41)39(22-24-8-2-1-3-9-24)19-17-27-10-6-7-18-36-27/h1-16,18,20-21,40H,17,19,22-23H2,(H,38,42). The number of carbonyl (C=O) groups is 2. The highest BCUT2D eigenvalue weighted by molar-refractivity contribution is 6.32. The van der Waals surface area contributed by atoms with Crippen LogP contribution in [0.3, 0.4) is 0 Å². The molecule has 5 rings (SSSR count). The van der Waals surface area contributed by atoms with Crippen LogP contribution in [0.1, 0.15) is 27.2 Å². The molecular formula is C34H29ClN4O4. The van der Waals surface area contributed by atoms with E-state index in [1.807, 2.05) is 78.9 Å². The number of nitrogens with one attached hydrogen (secondary N) is 1. The lowest BCUT2D eigenvalue weighted by molar-refractivity contribution is -0.134. The topological polar surface area (TPSA) is 104 Å². The number of amides is 2. The summed E-state index contributed by atoms with van der Waals surface area (Å²) in [5.41, 5.74) is 5.44. The van der Waals surface area contributed by atoms with E-state index in [-0.39, 0.29) is 28.8 Å². The minimum atomic E-state index is -0.468. The van der Waals surface area contributed by atoms with Gasteiger partial charge in [-0.2, -0.15) is 5.10 Å². The van der Waals surface area contributed by atoms with E-state index in [4.69, 9.17) is 16.3 Å². The smallest absolute Gasteiger partial charge is 0.271 e. The Balaban J connectivity index is 1.27. The maximum absolute atomic E-state index is 13.4. The highest BCUT2D eigenvalue weighted by Crippen LogP contribution is 2.28. The molecule has 0 spiro atoms. The van der Waals surface area contributed by atoms with E-state index in [2.05, 4.69) is 15.5 Å². The van der Waals surface area contributed by atoms with Crippen molar-refractivity contribution >= 4 is 40.4 Å². The summed E-state index contributed by atoms with van der Waals surface area (Å²) in [6.07, 6.45) is 3.92. The number of ether oxygens (including phenoxy) is 1. The average molecular weight is 593 g/mol. The van der Waals surface area contributed by atoms with E-state index >= 15 is 0 Å². The molecule has 8 nitrogen and oxygen atoms in total. The predicted octanol–water partition coefficient (Wildman–Crippen LogP) is 6.01. The van der Waals surface area contributed by atoms with Gasteiger partial charge in [0.25, 0.3) is 11.8 Å². The molecule has 43 heavy (non-hydrogen) atoms. The average Bonchev–Trinajstić information content (AvgIpc) is 3.04. The van der Waals surface area contributed by atoms with Gasteiger partial charge in [-0.3, -0.25) is 14.6 Å². The van der Waals surface area contributed by atoms with Crippen LogP contribution < -0.4 is 10.2 Å². The molecule has 9 heteroatoms. The first-order valence-electron chi connectivity index (χ1n) is 13.7. The van der Waals surface area contributed by atoms with Crippen LogP contribution in [-0.2, 0) is 17.8 Å². The van der Waals surface area contributed by atoms with Crippen LogP contribution in [0.15, 0.2) is 114 Å². The van der Waals surface area contributed by atoms with Gasteiger partial charge in [0.1, 0.15) is 11.5 Å².